The Morgan fingerprint density at radius 1 is 1.22 bits per heavy atom. The van der Waals surface area contributed by atoms with E-state index in [1.54, 1.807) is 18.1 Å². The molecule has 5 rings (SSSR count). The number of ether oxygens (including phenoxy) is 3. The molecule has 10 heteroatoms. The zero-order chi connectivity index (χ0) is 29.5. The highest BCUT2D eigenvalue weighted by Crippen LogP contribution is 2.36. The van der Waals surface area contributed by atoms with E-state index in [0.717, 1.165) is 35.3 Å². The fourth-order valence-corrected chi connectivity index (χ4v) is 5.91. The Labute approximate surface area is 241 Å². The SMILES string of the molecule is COc1cc(C#N)c(C)c2nc(-c3ccc(N4[C@@H](C)CC[C@@H]4C)nc3)n(C[C@@H]3CN(C(=O)OC(C)(C)C)CCO3)c12. The van der Waals surface area contributed by atoms with Gasteiger partial charge in [0.1, 0.15) is 28.5 Å². The van der Waals surface area contributed by atoms with Crippen molar-refractivity contribution in [3.63, 3.8) is 0 Å². The van der Waals surface area contributed by atoms with Gasteiger partial charge in [-0.2, -0.15) is 5.26 Å². The number of nitrogens with zero attached hydrogens (tertiary/aromatic N) is 6. The molecule has 3 atom stereocenters. The van der Waals surface area contributed by atoms with Gasteiger partial charge in [0.05, 0.1) is 50.1 Å². The first-order chi connectivity index (χ1) is 19.5. The van der Waals surface area contributed by atoms with E-state index in [4.69, 9.17) is 24.2 Å². The standard InChI is InChI=1S/C31H40N6O4/c1-19-8-9-20(2)37(19)26-11-10-22(16-33-26)29-34-27-21(3)23(15-32)14-25(39-7)28(27)36(29)18-24-17-35(12-13-40-24)30(38)41-31(4,5)6/h10-11,14,16,19-20,24H,8-9,12-13,17-18H2,1-7H3/t19-,20-,24-/m0/s1. The highest BCUT2D eigenvalue weighted by molar-refractivity contribution is 5.90. The quantitative estimate of drug-likeness (QED) is 0.414. The van der Waals surface area contributed by atoms with Crippen molar-refractivity contribution in [3.05, 3.63) is 35.5 Å². The number of hydrogen-bond acceptors (Lipinski definition) is 8. The molecule has 218 valence electrons. The molecule has 2 aromatic heterocycles. The van der Waals surface area contributed by atoms with E-state index in [1.807, 2.05) is 33.9 Å². The molecule has 0 saturated carbocycles. The highest BCUT2D eigenvalue weighted by atomic mass is 16.6. The van der Waals surface area contributed by atoms with Crippen LogP contribution in [0.1, 0.15) is 58.6 Å². The van der Waals surface area contributed by atoms with Gasteiger partial charge < -0.3 is 28.6 Å². The molecule has 0 N–H and O–H groups in total. The van der Waals surface area contributed by atoms with E-state index in [1.165, 1.54) is 0 Å². The molecule has 2 aliphatic rings. The number of morpholine rings is 1. The fraction of sp³-hybridized carbons (Fsp3) is 0.548. The van der Waals surface area contributed by atoms with Crippen LogP contribution in [0.3, 0.4) is 0 Å². The van der Waals surface area contributed by atoms with Gasteiger partial charge in [-0.1, -0.05) is 0 Å². The summed E-state index contributed by atoms with van der Waals surface area (Å²) in [5.41, 5.74) is 3.05. The summed E-state index contributed by atoms with van der Waals surface area (Å²) < 4.78 is 19.6. The van der Waals surface area contributed by atoms with Gasteiger partial charge >= 0.3 is 6.09 Å². The number of hydrogen-bond donors (Lipinski definition) is 0. The van der Waals surface area contributed by atoms with Crippen molar-refractivity contribution in [1.82, 2.24) is 19.4 Å². The summed E-state index contributed by atoms with van der Waals surface area (Å²) in [4.78, 5) is 26.8. The molecule has 0 aliphatic carbocycles. The number of amides is 1. The lowest BCUT2D eigenvalue weighted by atomic mass is 10.1. The average Bonchev–Trinajstić information content (AvgIpc) is 3.48. The predicted molar refractivity (Wildman–Crippen MR) is 157 cm³/mol. The third-order valence-corrected chi connectivity index (χ3v) is 7.98. The average molecular weight is 561 g/mol. The molecule has 1 aromatic carbocycles. The van der Waals surface area contributed by atoms with Crippen molar-refractivity contribution < 1.29 is 19.0 Å². The number of aromatic nitrogens is 3. The lowest BCUT2D eigenvalue weighted by molar-refractivity contribution is -0.0468. The van der Waals surface area contributed by atoms with Gasteiger partial charge in [0.15, 0.2) is 0 Å². The molecule has 2 saturated heterocycles. The van der Waals surface area contributed by atoms with Crippen molar-refractivity contribution >= 4 is 22.9 Å². The van der Waals surface area contributed by atoms with E-state index < -0.39 is 5.60 Å². The summed E-state index contributed by atoms with van der Waals surface area (Å²) in [6, 6.07) is 9.03. The second-order valence-electron chi connectivity index (χ2n) is 12.1. The number of nitriles is 1. The summed E-state index contributed by atoms with van der Waals surface area (Å²) in [6.45, 7) is 13.7. The molecule has 2 aliphatic heterocycles. The van der Waals surface area contributed by atoms with E-state index >= 15 is 0 Å². The number of pyridine rings is 1. The van der Waals surface area contributed by atoms with Crippen LogP contribution >= 0.6 is 0 Å². The first-order valence-corrected chi connectivity index (χ1v) is 14.3. The van der Waals surface area contributed by atoms with Crippen molar-refractivity contribution in [2.45, 2.75) is 84.7 Å². The summed E-state index contributed by atoms with van der Waals surface area (Å²) in [5, 5.41) is 9.77. The highest BCUT2D eigenvalue weighted by Gasteiger charge is 2.31. The number of methoxy groups -OCH3 is 1. The largest absolute Gasteiger partial charge is 0.494 e. The molecule has 2 fully saturated rings. The van der Waals surface area contributed by atoms with Crippen LogP contribution < -0.4 is 9.64 Å². The van der Waals surface area contributed by atoms with Crippen molar-refractivity contribution in [1.29, 1.82) is 5.26 Å². The second kappa shape index (κ2) is 11.2. The Bertz CT molecular complexity index is 1460. The topological polar surface area (TPSA) is 106 Å². The normalized spacial score (nSPS) is 21.3. The van der Waals surface area contributed by atoms with Crippen LogP contribution in [0.2, 0.25) is 0 Å². The predicted octanol–water partition coefficient (Wildman–Crippen LogP) is 5.30. The Hall–Kier alpha value is -3.84. The van der Waals surface area contributed by atoms with E-state index in [2.05, 4.69) is 41.5 Å². The molecule has 41 heavy (non-hydrogen) atoms. The monoisotopic (exact) mass is 560 g/mol. The lowest BCUT2D eigenvalue weighted by Gasteiger charge is -2.34. The van der Waals surface area contributed by atoms with Gasteiger partial charge in [0.2, 0.25) is 0 Å². The van der Waals surface area contributed by atoms with E-state index in [-0.39, 0.29) is 12.2 Å². The third kappa shape index (κ3) is 5.68. The number of rotatable bonds is 5. The molecule has 0 unspecified atom stereocenters. The molecule has 0 radical (unpaired) electrons. The Kier molecular flexibility index (Phi) is 7.84. The fourth-order valence-electron chi connectivity index (χ4n) is 5.91. The lowest BCUT2D eigenvalue weighted by Crippen LogP contribution is -2.48. The first-order valence-electron chi connectivity index (χ1n) is 14.3. The maximum Gasteiger partial charge on any atom is 0.410 e. The van der Waals surface area contributed by atoms with Crippen LogP contribution in [0, 0.1) is 18.3 Å². The van der Waals surface area contributed by atoms with E-state index in [0.29, 0.717) is 61.0 Å². The first kappa shape index (κ1) is 28.7. The second-order valence-corrected chi connectivity index (χ2v) is 12.1. The number of benzene rings is 1. The minimum Gasteiger partial charge on any atom is -0.494 e. The molecular formula is C31H40N6O4. The molecular weight excluding hydrogens is 520 g/mol. The summed E-state index contributed by atoms with van der Waals surface area (Å²) in [6.07, 6.45) is 3.53. The molecule has 3 aromatic rings. The Morgan fingerprint density at radius 3 is 2.56 bits per heavy atom. The Balaban J connectivity index is 1.54. The number of imidazole rings is 1. The third-order valence-electron chi connectivity index (χ3n) is 7.98. The summed E-state index contributed by atoms with van der Waals surface area (Å²) >= 11 is 0. The zero-order valence-electron chi connectivity index (χ0n) is 25.1. The number of aryl methyl sites for hydroxylation is 1. The maximum absolute atomic E-state index is 12.8. The van der Waals surface area contributed by atoms with Gasteiger partial charge in [0.25, 0.3) is 0 Å². The van der Waals surface area contributed by atoms with Gasteiger partial charge in [-0.15, -0.1) is 0 Å². The van der Waals surface area contributed by atoms with E-state index in [9.17, 15) is 10.1 Å². The van der Waals surface area contributed by atoms with Crippen LogP contribution in [0.5, 0.6) is 5.75 Å². The molecule has 0 bridgehead atoms. The smallest absolute Gasteiger partial charge is 0.410 e. The summed E-state index contributed by atoms with van der Waals surface area (Å²) in [7, 11) is 1.60. The number of anilines is 1. The van der Waals surface area contributed by atoms with Crippen LogP contribution in [0.15, 0.2) is 24.4 Å². The zero-order valence-corrected chi connectivity index (χ0v) is 25.1. The van der Waals surface area contributed by atoms with Crippen LogP contribution in [-0.2, 0) is 16.0 Å². The minimum absolute atomic E-state index is 0.299. The maximum atomic E-state index is 12.8. The van der Waals surface area contributed by atoms with Crippen LogP contribution in [0.4, 0.5) is 10.6 Å². The van der Waals surface area contributed by atoms with Crippen molar-refractivity contribution in [2.24, 2.45) is 0 Å². The molecule has 1 amide bonds. The number of carbonyl (C=O) groups excluding carboxylic acids is 1. The van der Waals surface area contributed by atoms with Crippen LogP contribution in [0.25, 0.3) is 22.4 Å². The number of fused-ring (bicyclic) bond motifs is 1. The van der Waals surface area contributed by atoms with Crippen LogP contribution in [-0.4, -0.2) is 76.1 Å². The van der Waals surface area contributed by atoms with Crippen molar-refractivity contribution in [3.8, 4) is 23.2 Å². The van der Waals surface area contributed by atoms with Gasteiger partial charge in [-0.05, 0) is 72.1 Å². The number of carbonyl (C=O) groups is 1. The molecule has 4 heterocycles. The minimum atomic E-state index is -0.578. The molecule has 10 nitrogen and oxygen atoms in total. The van der Waals surface area contributed by atoms with Gasteiger partial charge in [-0.3, -0.25) is 0 Å². The summed E-state index contributed by atoms with van der Waals surface area (Å²) in [5.74, 6) is 2.22. The molecule has 0 spiro atoms. The van der Waals surface area contributed by atoms with Gasteiger partial charge in [0, 0.05) is 36.5 Å². The van der Waals surface area contributed by atoms with Gasteiger partial charge in [-0.25, -0.2) is 14.8 Å². The van der Waals surface area contributed by atoms with Crippen molar-refractivity contribution in [2.75, 3.05) is 31.7 Å². The Morgan fingerprint density at radius 2 is 1.95 bits per heavy atom.